The van der Waals surface area contributed by atoms with Gasteiger partial charge in [0, 0.05) is 61.6 Å². The molecular formula is C34H24Br4N2O4S2. The maximum atomic E-state index is 12.0. The fourth-order valence-corrected chi connectivity index (χ4v) is 7.08. The van der Waals surface area contributed by atoms with Crippen LogP contribution in [0.4, 0.5) is 0 Å². The van der Waals surface area contributed by atoms with Crippen LogP contribution in [0.15, 0.2) is 83.8 Å². The molecule has 234 valence electrons. The van der Waals surface area contributed by atoms with Crippen molar-refractivity contribution in [2.75, 3.05) is 10.7 Å². The van der Waals surface area contributed by atoms with E-state index in [4.69, 9.17) is 0 Å². The Kier molecular flexibility index (Phi) is 13.3. The van der Waals surface area contributed by atoms with Crippen molar-refractivity contribution >= 4 is 126 Å². The number of nitrogens with zero attached hydrogens (tertiary/aromatic N) is 2. The van der Waals surface area contributed by atoms with Gasteiger partial charge in [0.2, 0.25) is 0 Å². The summed E-state index contributed by atoms with van der Waals surface area (Å²) in [5.74, 6) is 0.188. The monoisotopic (exact) mass is 904 g/mol. The lowest BCUT2D eigenvalue weighted by atomic mass is 9.99. The Morgan fingerprint density at radius 3 is 1.43 bits per heavy atom. The summed E-state index contributed by atoms with van der Waals surface area (Å²) in [5.41, 5.74) is 11.8. The van der Waals surface area contributed by atoms with Crippen molar-refractivity contribution in [2.45, 2.75) is 13.8 Å². The summed E-state index contributed by atoms with van der Waals surface area (Å²) in [5, 5.41) is 0.606. The second kappa shape index (κ2) is 16.9. The topological polar surface area (TPSA) is 94.1 Å². The number of carbonyl (C=O) groups excluding carboxylic acids is 4. The molecule has 6 nitrogen and oxygen atoms in total. The number of hydrogen-bond donors (Lipinski definition) is 0. The van der Waals surface area contributed by atoms with Crippen molar-refractivity contribution in [2.24, 2.45) is 0 Å². The van der Waals surface area contributed by atoms with Crippen molar-refractivity contribution < 1.29 is 19.2 Å². The van der Waals surface area contributed by atoms with Crippen molar-refractivity contribution in [3.63, 3.8) is 0 Å². The predicted octanol–water partition coefficient (Wildman–Crippen LogP) is 11.2. The molecular weight excluding hydrogens is 884 g/mol. The molecule has 12 heteroatoms. The van der Waals surface area contributed by atoms with Gasteiger partial charge in [0.05, 0.1) is 42.1 Å². The van der Waals surface area contributed by atoms with Crippen LogP contribution >= 0.6 is 82.8 Å². The van der Waals surface area contributed by atoms with Gasteiger partial charge in [0.1, 0.15) is 0 Å². The third-order valence-corrected chi connectivity index (χ3v) is 9.75. The Labute approximate surface area is 305 Å². The summed E-state index contributed by atoms with van der Waals surface area (Å²) in [6.07, 6.45) is 0. The SMILES string of the molecule is BrBr.CC(=O)c1ccc(-c2ccc(C(C)=O)c3scnc23)cc1.O=C(CBr)c1ccc(-c2ccc(C(=O)CBr)c3scnc23)cc1. The first-order valence-corrected chi connectivity index (χ1v) is 21.2. The highest BCUT2D eigenvalue weighted by atomic mass is 80.9. The molecule has 0 fully saturated rings. The van der Waals surface area contributed by atoms with Gasteiger partial charge < -0.3 is 0 Å². The van der Waals surface area contributed by atoms with Gasteiger partial charge in [0.25, 0.3) is 0 Å². The summed E-state index contributed by atoms with van der Waals surface area (Å²) in [4.78, 5) is 55.5. The molecule has 2 aromatic heterocycles. The molecule has 0 amide bonds. The molecule has 0 saturated heterocycles. The van der Waals surface area contributed by atoms with Gasteiger partial charge in [0.15, 0.2) is 23.1 Å². The molecule has 6 aromatic rings. The van der Waals surface area contributed by atoms with Crippen molar-refractivity contribution in [1.82, 2.24) is 9.97 Å². The lowest BCUT2D eigenvalue weighted by molar-refractivity contribution is 0.101. The molecule has 4 aromatic carbocycles. The van der Waals surface area contributed by atoms with Crippen LogP contribution in [0.3, 0.4) is 0 Å². The normalized spacial score (nSPS) is 10.5. The van der Waals surface area contributed by atoms with Gasteiger partial charge in [-0.05, 0) is 37.1 Å². The number of carbonyl (C=O) groups is 4. The summed E-state index contributed by atoms with van der Waals surface area (Å²) >= 11 is 14.8. The standard InChI is InChI=1S/C17H11Br2NO2S.C17H13NO2S.Br2/c18-7-14(21)11-3-1-10(2-4-11)12-5-6-13(15(22)8-19)17-16(12)20-9-23-17;1-10(19)12-3-5-13(6-4-12)15-8-7-14(11(2)20)17-16(15)18-9-21-17;1-2/h1-6,9H,7-8H2;3-9H,1-2H3;. The van der Waals surface area contributed by atoms with Crippen molar-refractivity contribution in [3.8, 4) is 22.3 Å². The summed E-state index contributed by atoms with van der Waals surface area (Å²) < 4.78 is 1.81. The largest absolute Gasteiger partial charge is 0.295 e. The van der Waals surface area contributed by atoms with Crippen LogP contribution in [0.5, 0.6) is 0 Å². The zero-order chi connectivity index (χ0) is 33.4. The molecule has 2 heterocycles. The van der Waals surface area contributed by atoms with Crippen LogP contribution in [0.2, 0.25) is 0 Å². The van der Waals surface area contributed by atoms with Gasteiger partial charge in [-0.2, -0.15) is 0 Å². The molecule has 0 aliphatic carbocycles. The fraction of sp³-hybridized carbons (Fsp3) is 0.118. The van der Waals surface area contributed by atoms with E-state index in [0.29, 0.717) is 32.9 Å². The van der Waals surface area contributed by atoms with Crippen LogP contribution in [0.1, 0.15) is 55.3 Å². The van der Waals surface area contributed by atoms with Gasteiger partial charge in [-0.25, -0.2) is 9.97 Å². The minimum Gasteiger partial charge on any atom is -0.295 e. The number of halogens is 4. The number of fused-ring (bicyclic) bond motifs is 2. The van der Waals surface area contributed by atoms with E-state index >= 15 is 0 Å². The van der Waals surface area contributed by atoms with Gasteiger partial charge >= 0.3 is 0 Å². The molecule has 0 radical (unpaired) electrons. The molecule has 0 N–H and O–H groups in total. The van der Waals surface area contributed by atoms with Crippen molar-refractivity contribution in [1.29, 1.82) is 0 Å². The molecule has 0 spiro atoms. The number of thiazole rings is 2. The van der Waals surface area contributed by atoms with Gasteiger partial charge in [-0.1, -0.05) is 92.5 Å². The first kappa shape index (κ1) is 36.1. The molecule has 0 bridgehead atoms. The zero-order valence-electron chi connectivity index (χ0n) is 24.4. The molecule has 0 atom stereocenters. The Balaban J connectivity index is 0.000000199. The third-order valence-electron chi connectivity index (χ3n) is 7.01. The van der Waals surface area contributed by atoms with E-state index in [1.165, 1.54) is 22.7 Å². The molecule has 0 unspecified atom stereocenters. The average molecular weight is 908 g/mol. The highest BCUT2D eigenvalue weighted by Crippen LogP contribution is 2.34. The number of benzene rings is 4. The maximum absolute atomic E-state index is 12.0. The van der Waals surface area contributed by atoms with E-state index in [1.807, 2.05) is 72.8 Å². The second-order valence-corrected chi connectivity index (χ2v) is 12.6. The summed E-state index contributed by atoms with van der Waals surface area (Å²) in [7, 11) is 0. The van der Waals surface area contributed by atoms with E-state index in [-0.39, 0.29) is 23.1 Å². The van der Waals surface area contributed by atoms with Crippen LogP contribution < -0.4 is 0 Å². The van der Waals surface area contributed by atoms with E-state index in [0.717, 1.165) is 42.7 Å². The second-order valence-electron chi connectivity index (χ2n) is 9.76. The van der Waals surface area contributed by atoms with Crippen LogP contribution in [0, 0.1) is 0 Å². The lowest BCUT2D eigenvalue weighted by Crippen LogP contribution is -2.01. The maximum Gasteiger partial charge on any atom is 0.174 e. The first-order chi connectivity index (χ1) is 22.2. The smallest absolute Gasteiger partial charge is 0.174 e. The molecule has 0 aliphatic rings. The Hall–Kier alpha value is -2.74. The molecule has 6 rings (SSSR count). The third kappa shape index (κ3) is 8.03. The number of alkyl halides is 2. The van der Waals surface area contributed by atoms with Crippen molar-refractivity contribution in [3.05, 3.63) is 106 Å². The van der Waals surface area contributed by atoms with Gasteiger partial charge in [-0.3, -0.25) is 19.2 Å². The Morgan fingerprint density at radius 1 is 0.565 bits per heavy atom. The quantitative estimate of drug-likeness (QED) is 0.112. The van der Waals surface area contributed by atoms with E-state index in [1.54, 1.807) is 24.9 Å². The Bertz CT molecular complexity index is 2040. The minimum absolute atomic E-state index is 0.0442. The predicted molar refractivity (Wildman–Crippen MR) is 204 cm³/mol. The number of Topliss-reactive ketones (excluding diaryl/α,β-unsaturated/α-hetero) is 4. The highest BCUT2D eigenvalue weighted by Gasteiger charge is 2.16. The van der Waals surface area contributed by atoms with E-state index < -0.39 is 0 Å². The number of aromatic nitrogens is 2. The van der Waals surface area contributed by atoms with E-state index in [9.17, 15) is 19.2 Å². The van der Waals surface area contributed by atoms with Crippen LogP contribution in [-0.2, 0) is 0 Å². The number of ketones is 4. The highest BCUT2D eigenvalue weighted by molar-refractivity contribution is 9.93. The lowest BCUT2D eigenvalue weighted by Gasteiger charge is -2.07. The number of rotatable bonds is 8. The fourth-order valence-electron chi connectivity index (χ4n) is 4.73. The van der Waals surface area contributed by atoms with Gasteiger partial charge in [-0.15, -0.1) is 22.7 Å². The van der Waals surface area contributed by atoms with E-state index in [2.05, 4.69) is 70.1 Å². The summed E-state index contributed by atoms with van der Waals surface area (Å²) in [6, 6.07) is 22.4. The minimum atomic E-state index is 0.0442. The molecule has 0 saturated carbocycles. The van der Waals surface area contributed by atoms with Crippen LogP contribution in [-0.4, -0.2) is 43.8 Å². The first-order valence-electron chi connectivity index (χ1n) is 13.5. The average Bonchev–Trinajstić information content (AvgIpc) is 3.79. The number of hydrogen-bond acceptors (Lipinski definition) is 8. The zero-order valence-corrected chi connectivity index (χ0v) is 32.3. The molecule has 0 aliphatic heterocycles. The Morgan fingerprint density at radius 2 is 1.00 bits per heavy atom. The van der Waals surface area contributed by atoms with Crippen LogP contribution in [0.25, 0.3) is 42.7 Å². The summed E-state index contributed by atoms with van der Waals surface area (Å²) in [6.45, 7) is 3.12. The molecule has 46 heavy (non-hydrogen) atoms.